The molecular weight excluding hydrogens is 300 g/mol. The maximum Gasteiger partial charge on any atom is 0.215 e. The van der Waals surface area contributed by atoms with Crippen LogP contribution in [0.3, 0.4) is 0 Å². The van der Waals surface area contributed by atoms with Gasteiger partial charge in [0.05, 0.1) is 0 Å². The average molecular weight is 309 g/mol. The smallest absolute Gasteiger partial charge is 0.215 e. The first-order chi connectivity index (χ1) is 8.29. The molecule has 0 fully saturated rings. The SMILES string of the molecule is CNc1nn2c(Br)c(-c3ccccc3)nc2s1. The van der Waals surface area contributed by atoms with Crippen LogP contribution in [-0.4, -0.2) is 21.6 Å². The van der Waals surface area contributed by atoms with Crippen LogP contribution in [0.25, 0.3) is 16.2 Å². The van der Waals surface area contributed by atoms with Crippen LogP contribution in [0, 0.1) is 0 Å². The van der Waals surface area contributed by atoms with Crippen molar-refractivity contribution < 1.29 is 0 Å². The van der Waals surface area contributed by atoms with E-state index >= 15 is 0 Å². The Morgan fingerprint density at radius 3 is 2.71 bits per heavy atom. The van der Waals surface area contributed by atoms with Gasteiger partial charge in [-0.3, -0.25) is 0 Å². The predicted octanol–water partition coefficient (Wildman–Crippen LogP) is 3.26. The number of imidazole rings is 1. The van der Waals surface area contributed by atoms with Crippen LogP contribution < -0.4 is 5.32 Å². The van der Waals surface area contributed by atoms with Crippen molar-refractivity contribution in [1.29, 1.82) is 0 Å². The van der Waals surface area contributed by atoms with Crippen LogP contribution >= 0.6 is 27.3 Å². The van der Waals surface area contributed by atoms with Crippen molar-refractivity contribution in [3.05, 3.63) is 34.9 Å². The zero-order valence-electron chi connectivity index (χ0n) is 9.01. The van der Waals surface area contributed by atoms with E-state index in [4.69, 9.17) is 0 Å². The first-order valence-electron chi connectivity index (χ1n) is 5.08. The number of nitrogens with zero attached hydrogens (tertiary/aromatic N) is 3. The summed E-state index contributed by atoms with van der Waals surface area (Å²) in [6.07, 6.45) is 0. The Morgan fingerprint density at radius 2 is 2.06 bits per heavy atom. The molecule has 2 aromatic heterocycles. The Bertz CT molecular complexity index is 659. The minimum atomic E-state index is 0.854. The fraction of sp³-hybridized carbons (Fsp3) is 0.0909. The molecule has 4 nitrogen and oxygen atoms in total. The maximum absolute atomic E-state index is 4.58. The van der Waals surface area contributed by atoms with Crippen molar-refractivity contribution in [3.8, 4) is 11.3 Å². The molecule has 0 saturated heterocycles. The number of halogens is 1. The van der Waals surface area contributed by atoms with Gasteiger partial charge in [0, 0.05) is 12.6 Å². The average Bonchev–Trinajstić information content (AvgIpc) is 2.90. The highest BCUT2D eigenvalue weighted by atomic mass is 79.9. The lowest BCUT2D eigenvalue weighted by molar-refractivity contribution is 0.953. The molecule has 17 heavy (non-hydrogen) atoms. The third-order valence-corrected chi connectivity index (χ3v) is 4.05. The Morgan fingerprint density at radius 1 is 1.29 bits per heavy atom. The molecule has 0 saturated carbocycles. The quantitative estimate of drug-likeness (QED) is 0.790. The summed E-state index contributed by atoms with van der Waals surface area (Å²) in [4.78, 5) is 5.46. The summed E-state index contributed by atoms with van der Waals surface area (Å²) in [6.45, 7) is 0. The number of fused-ring (bicyclic) bond motifs is 1. The highest BCUT2D eigenvalue weighted by molar-refractivity contribution is 9.10. The summed E-state index contributed by atoms with van der Waals surface area (Å²) < 4.78 is 2.69. The Labute approximate surface area is 110 Å². The summed E-state index contributed by atoms with van der Waals surface area (Å²) in [5.41, 5.74) is 2.01. The van der Waals surface area contributed by atoms with Crippen LogP contribution in [0.5, 0.6) is 0 Å². The predicted molar refractivity (Wildman–Crippen MR) is 73.5 cm³/mol. The molecule has 0 aliphatic carbocycles. The zero-order valence-corrected chi connectivity index (χ0v) is 11.4. The Balaban J connectivity index is 2.19. The van der Waals surface area contributed by atoms with E-state index in [0.29, 0.717) is 0 Å². The van der Waals surface area contributed by atoms with Gasteiger partial charge >= 0.3 is 0 Å². The van der Waals surface area contributed by atoms with E-state index in [1.54, 1.807) is 4.52 Å². The van der Waals surface area contributed by atoms with Crippen molar-refractivity contribution in [1.82, 2.24) is 14.6 Å². The number of hydrogen-bond acceptors (Lipinski definition) is 4. The maximum atomic E-state index is 4.58. The molecule has 3 rings (SSSR count). The van der Waals surface area contributed by atoms with Crippen molar-refractivity contribution in [2.75, 3.05) is 12.4 Å². The fourth-order valence-corrected chi connectivity index (χ4v) is 3.04. The van der Waals surface area contributed by atoms with Gasteiger partial charge in [-0.15, -0.1) is 5.10 Å². The number of aromatic nitrogens is 3. The van der Waals surface area contributed by atoms with Gasteiger partial charge in [0.15, 0.2) is 0 Å². The third-order valence-electron chi connectivity index (χ3n) is 2.41. The lowest BCUT2D eigenvalue weighted by atomic mass is 10.2. The molecule has 0 radical (unpaired) electrons. The summed E-state index contributed by atoms with van der Waals surface area (Å²) in [5.74, 6) is 0. The number of hydrogen-bond donors (Lipinski definition) is 1. The van der Waals surface area contributed by atoms with Gasteiger partial charge in [-0.05, 0) is 15.9 Å². The van der Waals surface area contributed by atoms with E-state index in [-0.39, 0.29) is 0 Å². The first kappa shape index (κ1) is 10.7. The number of anilines is 1. The molecule has 0 atom stereocenters. The topological polar surface area (TPSA) is 42.2 Å². The van der Waals surface area contributed by atoms with E-state index in [2.05, 4.69) is 31.3 Å². The van der Waals surface area contributed by atoms with Crippen molar-refractivity contribution in [3.63, 3.8) is 0 Å². The lowest BCUT2D eigenvalue weighted by Gasteiger charge is -1.96. The van der Waals surface area contributed by atoms with Crippen LogP contribution in [0.2, 0.25) is 0 Å². The van der Waals surface area contributed by atoms with Crippen LogP contribution in [0.4, 0.5) is 5.13 Å². The molecule has 1 aromatic carbocycles. The number of rotatable bonds is 2. The molecule has 0 unspecified atom stereocenters. The minimum Gasteiger partial charge on any atom is -0.363 e. The van der Waals surface area contributed by atoms with Gasteiger partial charge in [0.1, 0.15) is 10.3 Å². The Kier molecular flexibility index (Phi) is 2.60. The highest BCUT2D eigenvalue weighted by Gasteiger charge is 2.15. The normalized spacial score (nSPS) is 10.9. The molecule has 0 aliphatic heterocycles. The van der Waals surface area contributed by atoms with E-state index in [9.17, 15) is 0 Å². The second-order valence-corrected chi connectivity index (χ2v) is 5.18. The number of nitrogens with one attached hydrogen (secondary N) is 1. The van der Waals surface area contributed by atoms with Gasteiger partial charge in [-0.25, -0.2) is 4.98 Å². The Hall–Kier alpha value is -1.40. The molecule has 1 N–H and O–H groups in total. The second-order valence-electron chi connectivity index (χ2n) is 3.47. The molecule has 0 spiro atoms. The van der Waals surface area contributed by atoms with E-state index in [1.165, 1.54) is 11.3 Å². The summed E-state index contributed by atoms with van der Waals surface area (Å²) in [7, 11) is 1.85. The standard InChI is InChI=1S/C11H9BrN4S/c1-13-10-15-16-9(12)8(14-11(16)17-10)7-5-3-2-4-6-7/h2-6H,1H3,(H,13,15). The van der Waals surface area contributed by atoms with E-state index in [0.717, 1.165) is 26.0 Å². The summed E-state index contributed by atoms with van der Waals surface area (Å²) in [6, 6.07) is 10.1. The summed E-state index contributed by atoms with van der Waals surface area (Å²) in [5, 5.41) is 8.26. The molecular formula is C11H9BrN4S. The van der Waals surface area contributed by atoms with Crippen molar-refractivity contribution in [2.45, 2.75) is 0 Å². The van der Waals surface area contributed by atoms with Crippen LogP contribution in [0.1, 0.15) is 0 Å². The molecule has 2 heterocycles. The first-order valence-corrected chi connectivity index (χ1v) is 6.69. The summed E-state index contributed by atoms with van der Waals surface area (Å²) >= 11 is 5.07. The largest absolute Gasteiger partial charge is 0.363 e. The van der Waals surface area contributed by atoms with Gasteiger partial charge < -0.3 is 5.32 Å². The van der Waals surface area contributed by atoms with Crippen molar-refractivity contribution in [2.24, 2.45) is 0 Å². The number of benzene rings is 1. The lowest BCUT2D eigenvalue weighted by Crippen LogP contribution is -1.90. The highest BCUT2D eigenvalue weighted by Crippen LogP contribution is 2.31. The molecule has 6 heteroatoms. The molecule has 0 amide bonds. The molecule has 0 bridgehead atoms. The molecule has 3 aromatic rings. The minimum absolute atomic E-state index is 0.854. The third kappa shape index (κ3) is 1.73. The van der Waals surface area contributed by atoms with Gasteiger partial charge in [-0.1, -0.05) is 41.7 Å². The van der Waals surface area contributed by atoms with Crippen LogP contribution in [-0.2, 0) is 0 Å². The van der Waals surface area contributed by atoms with Gasteiger partial charge in [0.25, 0.3) is 0 Å². The molecule has 86 valence electrons. The van der Waals surface area contributed by atoms with E-state index in [1.807, 2.05) is 37.4 Å². The van der Waals surface area contributed by atoms with Gasteiger partial charge in [-0.2, -0.15) is 4.52 Å². The van der Waals surface area contributed by atoms with Crippen molar-refractivity contribution >= 4 is 37.4 Å². The van der Waals surface area contributed by atoms with Gasteiger partial charge in [0.2, 0.25) is 10.1 Å². The van der Waals surface area contributed by atoms with Crippen LogP contribution in [0.15, 0.2) is 34.9 Å². The second kappa shape index (κ2) is 4.12. The zero-order chi connectivity index (χ0) is 11.8. The van der Waals surface area contributed by atoms with E-state index < -0.39 is 0 Å². The fourth-order valence-electron chi connectivity index (χ4n) is 1.60. The monoisotopic (exact) mass is 308 g/mol. The molecule has 0 aliphatic rings.